The van der Waals surface area contributed by atoms with E-state index in [2.05, 4.69) is 75.2 Å². The third kappa shape index (κ3) is 5.26. The molecule has 2 aliphatic carbocycles. The number of aromatic amines is 1. The Hall–Kier alpha value is -2.00. The second kappa shape index (κ2) is 10.9. The Kier molecular flexibility index (Phi) is 7.72. The number of aryl methyl sites for hydroxylation is 1. The summed E-state index contributed by atoms with van der Waals surface area (Å²) in [5.41, 5.74) is 8.05. The molecule has 0 bridgehead atoms. The molecule has 2 saturated carbocycles. The molecule has 1 N–H and O–H groups in total. The van der Waals surface area contributed by atoms with Crippen LogP contribution >= 0.6 is 11.8 Å². The average molecular weight is 487 g/mol. The highest BCUT2D eigenvalue weighted by molar-refractivity contribution is 8.08. The van der Waals surface area contributed by atoms with Gasteiger partial charge in [0.1, 0.15) is 0 Å². The summed E-state index contributed by atoms with van der Waals surface area (Å²) in [6.07, 6.45) is 14.2. The number of allylic oxidation sites excluding steroid dienone is 2. The normalized spacial score (nSPS) is 28.6. The molecule has 2 heterocycles. The lowest BCUT2D eigenvalue weighted by atomic mass is 9.76. The molecule has 1 aromatic heterocycles. The fourth-order valence-electron chi connectivity index (χ4n) is 6.55. The molecule has 0 amide bonds. The Morgan fingerprint density at radius 2 is 1.60 bits per heavy atom. The largest absolute Gasteiger partial charge is 0.357 e. The van der Waals surface area contributed by atoms with Crippen LogP contribution in [0.5, 0.6) is 0 Å². The van der Waals surface area contributed by atoms with Crippen molar-refractivity contribution < 1.29 is 0 Å². The van der Waals surface area contributed by atoms with Crippen molar-refractivity contribution in [2.24, 2.45) is 22.7 Å². The molecule has 2 aromatic rings. The van der Waals surface area contributed by atoms with E-state index in [0.29, 0.717) is 11.8 Å². The maximum atomic E-state index is 5.43. The van der Waals surface area contributed by atoms with Gasteiger partial charge in [0.05, 0.1) is 16.3 Å². The minimum absolute atomic E-state index is 0.610. The van der Waals surface area contributed by atoms with E-state index in [0.717, 1.165) is 24.0 Å². The lowest BCUT2D eigenvalue weighted by Crippen LogP contribution is -2.25. The van der Waals surface area contributed by atoms with Gasteiger partial charge in [-0.25, -0.2) is 0 Å². The van der Waals surface area contributed by atoms with Crippen molar-refractivity contribution in [1.82, 2.24) is 4.98 Å². The van der Waals surface area contributed by atoms with Crippen LogP contribution in [-0.4, -0.2) is 10.7 Å². The molecule has 3 heteroatoms. The Bertz CT molecular complexity index is 1120. The first kappa shape index (κ1) is 24.7. The van der Waals surface area contributed by atoms with E-state index in [1.54, 1.807) is 0 Å². The van der Waals surface area contributed by atoms with Gasteiger partial charge in [-0.05, 0) is 73.4 Å². The standard InChI is InChI=1S/C32H42N2S/c1-5-24-20-29(34-31(24)27-18-12-10-14-22(27)3)32(35-25-15-7-6-8-16-25)30-23(4)19-28(33-30)26-17-11-9-13-21(26)2/h6-8,15-16,19-22,26-27,33H,5,9-14,17-18H2,1-4H3. The third-order valence-electron chi connectivity index (χ3n) is 8.69. The van der Waals surface area contributed by atoms with Crippen molar-refractivity contribution in [3.8, 4) is 0 Å². The van der Waals surface area contributed by atoms with Crippen molar-refractivity contribution in [3.63, 3.8) is 0 Å². The number of thioether (sulfide) groups is 1. The Balaban J connectivity index is 1.58. The van der Waals surface area contributed by atoms with E-state index >= 15 is 0 Å². The molecule has 4 atom stereocenters. The van der Waals surface area contributed by atoms with Crippen LogP contribution in [0.4, 0.5) is 0 Å². The topological polar surface area (TPSA) is 28.1 Å². The predicted molar refractivity (Wildman–Crippen MR) is 152 cm³/mol. The number of aliphatic imine (C=N–C) groups is 1. The lowest BCUT2D eigenvalue weighted by molar-refractivity contribution is 0.324. The number of hydrogen-bond donors (Lipinski definition) is 1. The van der Waals surface area contributed by atoms with Gasteiger partial charge in [0, 0.05) is 28.1 Å². The van der Waals surface area contributed by atoms with Gasteiger partial charge in [0.2, 0.25) is 0 Å². The summed E-state index contributed by atoms with van der Waals surface area (Å²) in [7, 11) is 0. The third-order valence-corrected chi connectivity index (χ3v) is 9.82. The molecular weight excluding hydrogens is 444 g/mol. The zero-order valence-electron chi connectivity index (χ0n) is 22.1. The van der Waals surface area contributed by atoms with Crippen molar-refractivity contribution >= 4 is 22.4 Å². The maximum Gasteiger partial charge on any atom is 0.0797 e. The number of aromatic nitrogens is 1. The van der Waals surface area contributed by atoms with Crippen LogP contribution in [0.25, 0.3) is 4.91 Å². The minimum atomic E-state index is 0.610. The summed E-state index contributed by atoms with van der Waals surface area (Å²) in [6, 6.07) is 13.3. The van der Waals surface area contributed by atoms with Crippen LogP contribution in [-0.2, 0) is 0 Å². The zero-order valence-corrected chi connectivity index (χ0v) is 22.9. The van der Waals surface area contributed by atoms with E-state index in [-0.39, 0.29) is 0 Å². The van der Waals surface area contributed by atoms with Gasteiger partial charge < -0.3 is 4.98 Å². The molecule has 2 fully saturated rings. The highest BCUT2D eigenvalue weighted by Crippen LogP contribution is 2.45. The minimum Gasteiger partial charge on any atom is -0.357 e. The van der Waals surface area contributed by atoms with E-state index in [4.69, 9.17) is 4.99 Å². The second-order valence-corrected chi connectivity index (χ2v) is 12.3. The lowest BCUT2D eigenvalue weighted by Gasteiger charge is -2.29. The summed E-state index contributed by atoms with van der Waals surface area (Å²) < 4.78 is 0. The van der Waals surface area contributed by atoms with Crippen LogP contribution in [0.3, 0.4) is 0 Å². The molecule has 35 heavy (non-hydrogen) atoms. The van der Waals surface area contributed by atoms with Crippen molar-refractivity contribution in [2.45, 2.75) is 96.3 Å². The van der Waals surface area contributed by atoms with Gasteiger partial charge in [-0.3, -0.25) is 4.99 Å². The van der Waals surface area contributed by atoms with Gasteiger partial charge in [0.25, 0.3) is 0 Å². The molecule has 5 rings (SSSR count). The molecule has 0 spiro atoms. The van der Waals surface area contributed by atoms with Gasteiger partial charge in [0.15, 0.2) is 0 Å². The SMILES string of the molecule is CCC1=CC(=C(Sc2ccccc2)c2[nH]c(C3CCCCC3C)cc2C)N=C1C1CCCCC1C. The Morgan fingerprint density at radius 3 is 2.26 bits per heavy atom. The second-order valence-electron chi connectivity index (χ2n) is 11.2. The number of H-pyrrole nitrogens is 1. The smallest absolute Gasteiger partial charge is 0.0797 e. The Labute approximate surface area is 216 Å². The van der Waals surface area contributed by atoms with E-state index in [1.807, 2.05) is 11.8 Å². The van der Waals surface area contributed by atoms with E-state index in [1.165, 1.54) is 89.4 Å². The number of nitrogens with zero attached hydrogens (tertiary/aromatic N) is 1. The van der Waals surface area contributed by atoms with Crippen LogP contribution in [0.15, 0.2) is 63.6 Å². The number of benzene rings is 1. The van der Waals surface area contributed by atoms with Crippen LogP contribution in [0, 0.1) is 24.7 Å². The highest BCUT2D eigenvalue weighted by Gasteiger charge is 2.31. The number of nitrogens with one attached hydrogen (secondary N) is 1. The summed E-state index contributed by atoms with van der Waals surface area (Å²) in [5, 5.41) is 0. The molecule has 1 aliphatic heterocycles. The van der Waals surface area contributed by atoms with Crippen LogP contribution in [0.2, 0.25) is 0 Å². The summed E-state index contributed by atoms with van der Waals surface area (Å²) in [5.74, 6) is 2.74. The molecule has 4 unspecified atom stereocenters. The maximum absolute atomic E-state index is 5.43. The zero-order chi connectivity index (χ0) is 24.4. The highest BCUT2D eigenvalue weighted by atomic mass is 32.2. The first-order chi connectivity index (χ1) is 17.0. The van der Waals surface area contributed by atoms with Gasteiger partial charge in [-0.2, -0.15) is 0 Å². The first-order valence-corrected chi connectivity index (χ1v) is 14.8. The van der Waals surface area contributed by atoms with E-state index in [9.17, 15) is 0 Å². The monoisotopic (exact) mass is 486 g/mol. The van der Waals surface area contributed by atoms with Crippen LogP contribution in [0.1, 0.15) is 101 Å². The summed E-state index contributed by atoms with van der Waals surface area (Å²) >= 11 is 1.87. The molecule has 2 nitrogen and oxygen atoms in total. The summed E-state index contributed by atoms with van der Waals surface area (Å²) in [6.45, 7) is 9.45. The summed E-state index contributed by atoms with van der Waals surface area (Å²) in [4.78, 5) is 11.9. The fraction of sp³-hybridized carbons (Fsp3) is 0.531. The van der Waals surface area contributed by atoms with Gasteiger partial charge >= 0.3 is 0 Å². The van der Waals surface area contributed by atoms with Crippen LogP contribution < -0.4 is 0 Å². The molecule has 186 valence electrons. The molecule has 1 aromatic carbocycles. The Morgan fingerprint density at radius 1 is 0.943 bits per heavy atom. The molecule has 0 radical (unpaired) electrons. The molecule has 0 saturated heterocycles. The fourth-order valence-corrected chi connectivity index (χ4v) is 7.60. The number of hydrogen-bond acceptors (Lipinski definition) is 2. The molecular formula is C32H42N2S. The quantitative estimate of drug-likeness (QED) is 0.404. The van der Waals surface area contributed by atoms with Crippen molar-refractivity contribution in [1.29, 1.82) is 0 Å². The average Bonchev–Trinajstić information content (AvgIpc) is 3.47. The van der Waals surface area contributed by atoms with Gasteiger partial charge in [-0.1, -0.05) is 89.3 Å². The predicted octanol–water partition coefficient (Wildman–Crippen LogP) is 9.70. The molecule has 3 aliphatic rings. The van der Waals surface area contributed by atoms with Gasteiger partial charge in [-0.15, -0.1) is 0 Å². The van der Waals surface area contributed by atoms with E-state index < -0.39 is 0 Å². The van der Waals surface area contributed by atoms with Crippen molar-refractivity contribution in [2.75, 3.05) is 0 Å². The number of rotatable bonds is 6. The first-order valence-electron chi connectivity index (χ1n) is 14.0. The van der Waals surface area contributed by atoms with Crippen molar-refractivity contribution in [3.05, 3.63) is 70.7 Å².